The van der Waals surface area contributed by atoms with Crippen LogP contribution in [0.15, 0.2) is 18.2 Å². The second kappa shape index (κ2) is 6.17. The topological polar surface area (TPSA) is 17.8 Å². The van der Waals surface area contributed by atoms with Crippen molar-refractivity contribution in [1.82, 2.24) is 9.55 Å². The highest BCUT2D eigenvalue weighted by Crippen LogP contribution is 2.39. The van der Waals surface area contributed by atoms with Gasteiger partial charge in [-0.2, -0.15) is 11.8 Å². The molecule has 0 bridgehead atoms. The Morgan fingerprint density at radius 2 is 2.15 bits per heavy atom. The van der Waals surface area contributed by atoms with E-state index in [4.69, 9.17) is 23.2 Å². The Morgan fingerprint density at radius 3 is 2.90 bits per heavy atom. The van der Waals surface area contributed by atoms with Crippen molar-refractivity contribution in [1.29, 1.82) is 0 Å². The molecule has 1 aromatic heterocycles. The maximum Gasteiger partial charge on any atom is 0.125 e. The number of halogens is 2. The van der Waals surface area contributed by atoms with Gasteiger partial charge >= 0.3 is 0 Å². The zero-order valence-electron chi connectivity index (χ0n) is 11.5. The van der Waals surface area contributed by atoms with Crippen molar-refractivity contribution in [2.24, 2.45) is 0 Å². The number of aromatic nitrogens is 2. The quantitative estimate of drug-likeness (QED) is 0.714. The normalized spacial score (nSPS) is 23.4. The fourth-order valence-corrected chi connectivity index (χ4v) is 4.56. The number of rotatable bonds is 3. The molecule has 5 heteroatoms. The van der Waals surface area contributed by atoms with E-state index in [9.17, 15) is 0 Å². The molecule has 0 saturated heterocycles. The van der Waals surface area contributed by atoms with Crippen LogP contribution < -0.4 is 0 Å². The van der Waals surface area contributed by atoms with Gasteiger partial charge in [-0.05, 0) is 37.3 Å². The van der Waals surface area contributed by atoms with Crippen LogP contribution in [0.2, 0.25) is 5.02 Å². The largest absolute Gasteiger partial charge is 0.323 e. The third-order valence-corrected chi connectivity index (χ3v) is 5.78. The minimum absolute atomic E-state index is 0.448. The van der Waals surface area contributed by atoms with Gasteiger partial charge in [-0.1, -0.05) is 24.4 Å². The van der Waals surface area contributed by atoms with Crippen LogP contribution in [0.4, 0.5) is 0 Å². The number of hydrogen-bond donors (Lipinski definition) is 0. The summed E-state index contributed by atoms with van der Waals surface area (Å²) in [7, 11) is 0. The van der Waals surface area contributed by atoms with Crippen molar-refractivity contribution in [3.63, 3.8) is 0 Å². The van der Waals surface area contributed by atoms with Crippen molar-refractivity contribution in [2.75, 3.05) is 6.26 Å². The van der Waals surface area contributed by atoms with Crippen molar-refractivity contribution >= 4 is 46.0 Å². The van der Waals surface area contributed by atoms with Crippen LogP contribution in [0.1, 0.15) is 37.5 Å². The van der Waals surface area contributed by atoms with Crippen LogP contribution in [-0.2, 0) is 5.88 Å². The highest BCUT2D eigenvalue weighted by Gasteiger charge is 2.28. The van der Waals surface area contributed by atoms with Crippen molar-refractivity contribution in [3.8, 4) is 0 Å². The van der Waals surface area contributed by atoms with Crippen LogP contribution in [-0.4, -0.2) is 21.1 Å². The highest BCUT2D eigenvalue weighted by atomic mass is 35.5. The molecule has 0 spiro atoms. The summed E-state index contributed by atoms with van der Waals surface area (Å²) in [6.45, 7) is 0. The molecule has 1 aromatic carbocycles. The summed E-state index contributed by atoms with van der Waals surface area (Å²) in [5.41, 5.74) is 2.12. The van der Waals surface area contributed by atoms with E-state index in [1.54, 1.807) is 0 Å². The van der Waals surface area contributed by atoms with Gasteiger partial charge in [0.2, 0.25) is 0 Å². The second-order valence-corrected chi connectivity index (χ2v) is 7.07. The Labute approximate surface area is 133 Å². The highest BCUT2D eigenvalue weighted by molar-refractivity contribution is 7.99. The number of fused-ring (bicyclic) bond motifs is 1. The molecule has 0 aliphatic heterocycles. The van der Waals surface area contributed by atoms with E-state index in [0.29, 0.717) is 17.2 Å². The van der Waals surface area contributed by atoms with Crippen LogP contribution in [0, 0.1) is 0 Å². The number of hydrogen-bond acceptors (Lipinski definition) is 2. The standard InChI is InChI=1S/C15H18Cl2N2S/c1-20-14-5-3-2-4-12(14)19-13-8-10(17)6-7-11(13)18-15(19)9-16/h6-8,12,14H,2-5,9H2,1H3. The third kappa shape index (κ3) is 2.56. The van der Waals surface area contributed by atoms with Gasteiger partial charge in [0.25, 0.3) is 0 Å². The Morgan fingerprint density at radius 1 is 1.35 bits per heavy atom. The molecule has 108 valence electrons. The van der Waals surface area contributed by atoms with Gasteiger partial charge in [-0.25, -0.2) is 4.98 Å². The zero-order chi connectivity index (χ0) is 14.1. The third-order valence-electron chi connectivity index (χ3n) is 4.15. The molecule has 1 heterocycles. The van der Waals surface area contributed by atoms with Gasteiger partial charge < -0.3 is 4.57 Å². The molecular weight excluding hydrogens is 311 g/mol. The number of imidazole rings is 1. The molecular formula is C15H18Cl2N2S. The fourth-order valence-electron chi connectivity index (χ4n) is 3.23. The Kier molecular flexibility index (Phi) is 4.49. The minimum atomic E-state index is 0.448. The molecule has 2 atom stereocenters. The van der Waals surface area contributed by atoms with Crippen LogP contribution in [0.25, 0.3) is 11.0 Å². The Bertz CT molecular complexity index is 611. The molecule has 2 aromatic rings. The lowest BCUT2D eigenvalue weighted by Gasteiger charge is -2.32. The molecule has 3 rings (SSSR count). The van der Waals surface area contributed by atoms with Gasteiger partial charge in [0.15, 0.2) is 0 Å². The van der Waals surface area contributed by atoms with Gasteiger partial charge in [-0.3, -0.25) is 0 Å². The Balaban J connectivity index is 2.14. The van der Waals surface area contributed by atoms with E-state index in [-0.39, 0.29) is 0 Å². The summed E-state index contributed by atoms with van der Waals surface area (Å²) in [6.07, 6.45) is 7.28. The first-order valence-corrected chi connectivity index (χ1v) is 9.19. The van der Waals surface area contributed by atoms with Crippen LogP contribution in [0.5, 0.6) is 0 Å². The van der Waals surface area contributed by atoms with Crippen molar-refractivity contribution in [3.05, 3.63) is 29.0 Å². The maximum absolute atomic E-state index is 6.17. The summed E-state index contributed by atoms with van der Waals surface area (Å²) < 4.78 is 2.34. The summed E-state index contributed by atoms with van der Waals surface area (Å²) in [5, 5.41) is 1.40. The van der Waals surface area contributed by atoms with Gasteiger partial charge in [0.1, 0.15) is 5.82 Å². The molecule has 20 heavy (non-hydrogen) atoms. The lowest BCUT2D eigenvalue weighted by atomic mass is 9.94. The monoisotopic (exact) mass is 328 g/mol. The number of thioether (sulfide) groups is 1. The summed E-state index contributed by atoms with van der Waals surface area (Å²) in [6, 6.07) is 6.38. The summed E-state index contributed by atoms with van der Waals surface area (Å²) in [5.74, 6) is 1.42. The van der Waals surface area contributed by atoms with E-state index >= 15 is 0 Å². The predicted octanol–water partition coefficient (Wildman–Crippen LogP) is 5.28. The Hall–Kier alpha value is -0.380. The summed E-state index contributed by atoms with van der Waals surface area (Å²) >= 11 is 14.3. The number of benzene rings is 1. The lowest BCUT2D eigenvalue weighted by Crippen LogP contribution is -2.26. The summed E-state index contributed by atoms with van der Waals surface area (Å²) in [4.78, 5) is 4.68. The zero-order valence-corrected chi connectivity index (χ0v) is 13.8. The molecule has 0 amide bonds. The van der Waals surface area contributed by atoms with Gasteiger partial charge in [0, 0.05) is 16.3 Å². The average molecular weight is 329 g/mol. The smallest absolute Gasteiger partial charge is 0.125 e. The minimum Gasteiger partial charge on any atom is -0.323 e. The lowest BCUT2D eigenvalue weighted by molar-refractivity contribution is 0.366. The van der Waals surface area contributed by atoms with E-state index in [0.717, 1.165) is 21.9 Å². The first-order valence-electron chi connectivity index (χ1n) is 6.99. The molecule has 0 radical (unpaired) electrons. The molecule has 1 aliphatic rings. The molecule has 1 fully saturated rings. The predicted molar refractivity (Wildman–Crippen MR) is 89.1 cm³/mol. The average Bonchev–Trinajstić information content (AvgIpc) is 2.84. The van der Waals surface area contributed by atoms with Crippen molar-refractivity contribution in [2.45, 2.75) is 42.9 Å². The van der Waals surface area contributed by atoms with E-state index in [1.165, 1.54) is 25.7 Å². The fraction of sp³-hybridized carbons (Fsp3) is 0.533. The van der Waals surface area contributed by atoms with Gasteiger partial charge in [-0.15, -0.1) is 11.6 Å². The SMILES string of the molecule is CSC1CCCCC1n1c(CCl)nc2ccc(Cl)cc21. The number of alkyl halides is 1. The maximum atomic E-state index is 6.17. The van der Waals surface area contributed by atoms with Crippen LogP contribution in [0.3, 0.4) is 0 Å². The first-order chi connectivity index (χ1) is 9.74. The molecule has 0 N–H and O–H groups in total. The van der Waals surface area contributed by atoms with Gasteiger partial charge in [0.05, 0.1) is 16.9 Å². The molecule has 2 unspecified atom stereocenters. The van der Waals surface area contributed by atoms with E-state index in [1.807, 2.05) is 30.0 Å². The second-order valence-electron chi connectivity index (χ2n) is 5.29. The van der Waals surface area contributed by atoms with Crippen LogP contribution >= 0.6 is 35.0 Å². The molecule has 1 aliphatic carbocycles. The first kappa shape index (κ1) is 14.6. The number of nitrogens with zero attached hydrogens (tertiary/aromatic N) is 2. The molecule has 2 nitrogen and oxygen atoms in total. The van der Waals surface area contributed by atoms with Crippen molar-refractivity contribution < 1.29 is 0 Å². The molecule has 1 saturated carbocycles. The van der Waals surface area contributed by atoms with E-state index in [2.05, 4.69) is 15.8 Å². The van der Waals surface area contributed by atoms with E-state index < -0.39 is 0 Å².